The molecule has 4 rings (SSSR count). The number of aryl methyl sites for hydroxylation is 1. The van der Waals surface area contributed by atoms with Crippen molar-refractivity contribution < 1.29 is 4.79 Å². The standard InChI is InChI=1S/C16H20N2O/c1-11-2-3-14-13(10-11)16(6-7-16)15(19)18(14)12-4-8-17-9-5-12/h2-3,10,12,17H,4-9H2,1H3. The average Bonchev–Trinajstić information content (AvgIpc) is 3.19. The summed E-state index contributed by atoms with van der Waals surface area (Å²) in [6.45, 7) is 4.18. The zero-order valence-electron chi connectivity index (χ0n) is 11.4. The molecule has 1 aromatic carbocycles. The fourth-order valence-corrected chi connectivity index (χ4v) is 3.73. The highest BCUT2D eigenvalue weighted by Crippen LogP contribution is 2.58. The Hall–Kier alpha value is -1.35. The largest absolute Gasteiger partial charge is 0.317 e. The molecular formula is C16H20N2O. The lowest BCUT2D eigenvalue weighted by atomic mass is 9.96. The van der Waals surface area contributed by atoms with Crippen LogP contribution < -0.4 is 10.2 Å². The number of amides is 1. The van der Waals surface area contributed by atoms with Gasteiger partial charge in [-0.25, -0.2) is 0 Å². The highest BCUT2D eigenvalue weighted by atomic mass is 16.2. The summed E-state index contributed by atoms with van der Waals surface area (Å²) in [6.07, 6.45) is 4.25. The summed E-state index contributed by atoms with van der Waals surface area (Å²) in [4.78, 5) is 15.0. The molecule has 0 unspecified atom stereocenters. The first-order valence-corrected chi connectivity index (χ1v) is 7.38. The molecule has 0 radical (unpaired) electrons. The molecule has 19 heavy (non-hydrogen) atoms. The molecule has 3 aliphatic rings. The van der Waals surface area contributed by atoms with Crippen LogP contribution in [0.2, 0.25) is 0 Å². The molecule has 1 aliphatic carbocycles. The van der Waals surface area contributed by atoms with E-state index in [2.05, 4.69) is 35.3 Å². The molecule has 100 valence electrons. The third-order valence-corrected chi connectivity index (χ3v) is 4.98. The number of anilines is 1. The molecule has 1 amide bonds. The van der Waals surface area contributed by atoms with Crippen LogP contribution >= 0.6 is 0 Å². The predicted molar refractivity (Wildman–Crippen MR) is 75.5 cm³/mol. The topological polar surface area (TPSA) is 32.3 Å². The summed E-state index contributed by atoms with van der Waals surface area (Å²) in [5, 5.41) is 3.38. The van der Waals surface area contributed by atoms with Gasteiger partial charge >= 0.3 is 0 Å². The van der Waals surface area contributed by atoms with Gasteiger partial charge in [-0.3, -0.25) is 4.79 Å². The Labute approximate surface area is 114 Å². The molecular weight excluding hydrogens is 236 g/mol. The van der Waals surface area contributed by atoms with E-state index in [1.165, 1.54) is 16.8 Å². The molecule has 1 saturated heterocycles. The van der Waals surface area contributed by atoms with E-state index in [9.17, 15) is 4.79 Å². The highest BCUT2D eigenvalue weighted by molar-refractivity contribution is 6.10. The highest BCUT2D eigenvalue weighted by Gasteiger charge is 2.60. The number of hydrogen-bond acceptors (Lipinski definition) is 2. The van der Waals surface area contributed by atoms with Crippen molar-refractivity contribution in [2.75, 3.05) is 18.0 Å². The first kappa shape index (κ1) is 11.5. The first-order valence-electron chi connectivity index (χ1n) is 7.38. The van der Waals surface area contributed by atoms with Crippen molar-refractivity contribution in [3.63, 3.8) is 0 Å². The van der Waals surface area contributed by atoms with E-state index in [-0.39, 0.29) is 5.41 Å². The molecule has 0 bridgehead atoms. The van der Waals surface area contributed by atoms with Gasteiger partial charge in [-0.1, -0.05) is 17.7 Å². The molecule has 0 aromatic heterocycles. The summed E-state index contributed by atoms with van der Waals surface area (Å²) >= 11 is 0. The van der Waals surface area contributed by atoms with E-state index in [1.54, 1.807) is 0 Å². The molecule has 3 heteroatoms. The van der Waals surface area contributed by atoms with Gasteiger partial charge in [0.15, 0.2) is 0 Å². The quantitative estimate of drug-likeness (QED) is 0.835. The molecule has 2 fully saturated rings. The monoisotopic (exact) mass is 256 g/mol. The van der Waals surface area contributed by atoms with Crippen LogP contribution in [0.5, 0.6) is 0 Å². The maximum Gasteiger partial charge on any atom is 0.237 e. The molecule has 1 spiro atoms. The summed E-state index contributed by atoms with van der Waals surface area (Å²) in [6, 6.07) is 6.94. The minimum absolute atomic E-state index is 0.133. The van der Waals surface area contributed by atoms with Crippen molar-refractivity contribution in [3.05, 3.63) is 29.3 Å². The Morgan fingerprint density at radius 1 is 1.26 bits per heavy atom. The van der Waals surface area contributed by atoms with E-state index >= 15 is 0 Å². The number of carbonyl (C=O) groups excluding carboxylic acids is 1. The number of nitrogens with one attached hydrogen (secondary N) is 1. The van der Waals surface area contributed by atoms with Crippen molar-refractivity contribution in [2.45, 2.75) is 44.1 Å². The van der Waals surface area contributed by atoms with Gasteiger partial charge in [-0.2, -0.15) is 0 Å². The Bertz CT molecular complexity index is 542. The molecule has 1 saturated carbocycles. The molecule has 2 aliphatic heterocycles. The molecule has 0 atom stereocenters. The van der Waals surface area contributed by atoms with Crippen LogP contribution in [0, 0.1) is 6.92 Å². The van der Waals surface area contributed by atoms with Gasteiger partial charge in [0.05, 0.1) is 5.41 Å². The zero-order chi connectivity index (χ0) is 13.0. The Balaban J connectivity index is 1.79. The van der Waals surface area contributed by atoms with Crippen LogP contribution in [0.15, 0.2) is 18.2 Å². The maximum atomic E-state index is 12.9. The van der Waals surface area contributed by atoms with E-state index in [1.807, 2.05) is 0 Å². The minimum Gasteiger partial charge on any atom is -0.317 e. The molecule has 1 aromatic rings. The van der Waals surface area contributed by atoms with E-state index in [0.29, 0.717) is 11.9 Å². The van der Waals surface area contributed by atoms with Crippen molar-refractivity contribution in [3.8, 4) is 0 Å². The number of benzene rings is 1. The smallest absolute Gasteiger partial charge is 0.237 e. The lowest BCUT2D eigenvalue weighted by Crippen LogP contribution is -2.46. The van der Waals surface area contributed by atoms with Crippen LogP contribution in [-0.4, -0.2) is 25.0 Å². The number of nitrogens with zero attached hydrogens (tertiary/aromatic N) is 1. The van der Waals surface area contributed by atoms with Crippen LogP contribution in [0.25, 0.3) is 0 Å². The second-order valence-electron chi connectivity index (χ2n) is 6.26. The number of hydrogen-bond donors (Lipinski definition) is 1. The summed E-state index contributed by atoms with van der Waals surface area (Å²) in [7, 11) is 0. The summed E-state index contributed by atoms with van der Waals surface area (Å²) in [5.74, 6) is 0.375. The Kier molecular flexibility index (Phi) is 2.31. The molecule has 3 nitrogen and oxygen atoms in total. The van der Waals surface area contributed by atoms with E-state index in [4.69, 9.17) is 0 Å². The predicted octanol–water partition coefficient (Wildman–Crippen LogP) is 2.13. The fraction of sp³-hybridized carbons (Fsp3) is 0.562. The Morgan fingerprint density at radius 3 is 2.68 bits per heavy atom. The first-order chi connectivity index (χ1) is 9.22. The van der Waals surface area contributed by atoms with Gasteiger partial charge in [0.25, 0.3) is 0 Å². The van der Waals surface area contributed by atoms with E-state index in [0.717, 1.165) is 38.8 Å². The second kappa shape index (κ2) is 3.83. The molecule has 2 heterocycles. The third kappa shape index (κ3) is 1.51. The number of piperidine rings is 1. The number of carbonyl (C=O) groups is 1. The fourth-order valence-electron chi connectivity index (χ4n) is 3.73. The van der Waals surface area contributed by atoms with Gasteiger partial charge in [0.1, 0.15) is 0 Å². The summed E-state index contributed by atoms with van der Waals surface area (Å²) in [5.41, 5.74) is 3.63. The average molecular weight is 256 g/mol. The normalized spacial score (nSPS) is 24.9. The van der Waals surface area contributed by atoms with Crippen molar-refractivity contribution >= 4 is 11.6 Å². The van der Waals surface area contributed by atoms with Crippen molar-refractivity contribution in [1.82, 2.24) is 5.32 Å². The van der Waals surface area contributed by atoms with Gasteiger partial charge < -0.3 is 10.2 Å². The van der Waals surface area contributed by atoms with E-state index < -0.39 is 0 Å². The Morgan fingerprint density at radius 2 is 2.00 bits per heavy atom. The minimum atomic E-state index is -0.133. The second-order valence-corrected chi connectivity index (χ2v) is 6.26. The van der Waals surface area contributed by atoms with Gasteiger partial charge in [-0.05, 0) is 57.3 Å². The number of fused-ring (bicyclic) bond motifs is 2. The van der Waals surface area contributed by atoms with Crippen LogP contribution in [-0.2, 0) is 10.2 Å². The van der Waals surface area contributed by atoms with Crippen LogP contribution in [0.1, 0.15) is 36.8 Å². The van der Waals surface area contributed by atoms with Crippen molar-refractivity contribution in [2.24, 2.45) is 0 Å². The van der Waals surface area contributed by atoms with Crippen molar-refractivity contribution in [1.29, 1.82) is 0 Å². The lowest BCUT2D eigenvalue weighted by Gasteiger charge is -2.32. The van der Waals surface area contributed by atoms with Crippen LogP contribution in [0.4, 0.5) is 5.69 Å². The van der Waals surface area contributed by atoms with Gasteiger partial charge in [0.2, 0.25) is 5.91 Å². The summed E-state index contributed by atoms with van der Waals surface area (Å²) < 4.78 is 0. The zero-order valence-corrected chi connectivity index (χ0v) is 11.4. The SMILES string of the molecule is Cc1ccc2c(c1)C1(CC1)C(=O)N2C1CCNCC1. The van der Waals surface area contributed by atoms with Crippen LogP contribution in [0.3, 0.4) is 0 Å². The molecule has 1 N–H and O–H groups in total. The van der Waals surface area contributed by atoms with Gasteiger partial charge in [-0.15, -0.1) is 0 Å². The van der Waals surface area contributed by atoms with Gasteiger partial charge in [0, 0.05) is 11.7 Å². The maximum absolute atomic E-state index is 12.9. The number of rotatable bonds is 1. The third-order valence-electron chi connectivity index (χ3n) is 4.98. The lowest BCUT2D eigenvalue weighted by molar-refractivity contribution is -0.120.